The molecule has 2 unspecified atom stereocenters. The second kappa shape index (κ2) is 7.39. The number of aromatic nitrogens is 1. The molecule has 0 bridgehead atoms. The lowest BCUT2D eigenvalue weighted by atomic mass is 9.94. The van der Waals surface area contributed by atoms with Crippen LogP contribution in [0.5, 0.6) is 0 Å². The van der Waals surface area contributed by atoms with Gasteiger partial charge in [-0.2, -0.15) is 0 Å². The Bertz CT molecular complexity index is 271. The van der Waals surface area contributed by atoms with Gasteiger partial charge in [0.1, 0.15) is 0 Å². The number of nitrogens with one attached hydrogen (secondary N) is 1. The van der Waals surface area contributed by atoms with Crippen LogP contribution in [-0.2, 0) is 6.42 Å². The fourth-order valence-electron chi connectivity index (χ4n) is 2.07. The van der Waals surface area contributed by atoms with E-state index >= 15 is 0 Å². The number of nitrogens with zero attached hydrogens (tertiary/aromatic N) is 1. The highest BCUT2D eigenvalue weighted by Crippen LogP contribution is 2.14. The fraction of sp³-hybridized carbons (Fsp3) is 0.643. The summed E-state index contributed by atoms with van der Waals surface area (Å²) in [5.41, 5.74) is 1.35. The van der Waals surface area contributed by atoms with E-state index in [4.69, 9.17) is 0 Å². The predicted octanol–water partition coefficient (Wildman–Crippen LogP) is 3.04. The maximum atomic E-state index is 4.14. The Labute approximate surface area is 99.5 Å². The van der Waals surface area contributed by atoms with E-state index in [1.54, 1.807) is 0 Å². The van der Waals surface area contributed by atoms with Gasteiger partial charge in [0, 0.05) is 18.4 Å². The van der Waals surface area contributed by atoms with Gasteiger partial charge in [0.15, 0.2) is 0 Å². The van der Waals surface area contributed by atoms with Crippen LogP contribution < -0.4 is 5.32 Å². The summed E-state index contributed by atoms with van der Waals surface area (Å²) in [6.45, 7) is 4.58. The quantitative estimate of drug-likeness (QED) is 0.764. The van der Waals surface area contributed by atoms with Crippen molar-refractivity contribution >= 4 is 0 Å². The van der Waals surface area contributed by atoms with Gasteiger partial charge in [-0.15, -0.1) is 0 Å². The lowest BCUT2D eigenvalue weighted by molar-refractivity contribution is 0.361. The first kappa shape index (κ1) is 13.2. The highest BCUT2D eigenvalue weighted by atomic mass is 14.9. The molecule has 0 aliphatic heterocycles. The SMILES string of the molecule is CCC(C)C(CCCc1cccnc1)NC. The molecule has 0 aliphatic carbocycles. The van der Waals surface area contributed by atoms with Gasteiger partial charge in [-0.1, -0.05) is 26.3 Å². The summed E-state index contributed by atoms with van der Waals surface area (Å²) in [7, 11) is 2.07. The van der Waals surface area contributed by atoms with Crippen LogP contribution in [0.1, 0.15) is 38.7 Å². The molecule has 1 rings (SSSR count). The molecule has 0 saturated carbocycles. The zero-order valence-electron chi connectivity index (χ0n) is 10.7. The highest BCUT2D eigenvalue weighted by molar-refractivity contribution is 5.08. The van der Waals surface area contributed by atoms with E-state index in [0.717, 1.165) is 12.3 Å². The third kappa shape index (κ3) is 4.31. The largest absolute Gasteiger partial charge is 0.317 e. The Morgan fingerprint density at radius 3 is 2.81 bits per heavy atom. The van der Waals surface area contributed by atoms with Crippen molar-refractivity contribution in [1.29, 1.82) is 0 Å². The van der Waals surface area contributed by atoms with Gasteiger partial charge in [0.2, 0.25) is 0 Å². The molecule has 0 spiro atoms. The first-order valence-corrected chi connectivity index (χ1v) is 6.34. The topological polar surface area (TPSA) is 24.9 Å². The van der Waals surface area contributed by atoms with E-state index < -0.39 is 0 Å². The Balaban J connectivity index is 2.28. The predicted molar refractivity (Wildman–Crippen MR) is 69.5 cm³/mol. The van der Waals surface area contributed by atoms with E-state index in [2.05, 4.69) is 37.3 Å². The Morgan fingerprint density at radius 1 is 1.44 bits per heavy atom. The molecular weight excluding hydrogens is 196 g/mol. The van der Waals surface area contributed by atoms with Gasteiger partial charge in [0.25, 0.3) is 0 Å². The average molecular weight is 220 g/mol. The van der Waals surface area contributed by atoms with Crippen molar-refractivity contribution in [2.45, 2.75) is 45.6 Å². The first-order chi connectivity index (χ1) is 7.77. The van der Waals surface area contributed by atoms with Crippen LogP contribution in [0.15, 0.2) is 24.5 Å². The van der Waals surface area contributed by atoms with Crippen molar-refractivity contribution in [3.05, 3.63) is 30.1 Å². The highest BCUT2D eigenvalue weighted by Gasteiger charge is 2.12. The summed E-state index contributed by atoms with van der Waals surface area (Å²) in [5, 5.41) is 3.42. The molecular formula is C14H24N2. The van der Waals surface area contributed by atoms with E-state index in [1.165, 1.54) is 24.8 Å². The molecule has 2 atom stereocenters. The third-order valence-corrected chi connectivity index (χ3v) is 3.41. The van der Waals surface area contributed by atoms with Crippen LogP contribution in [0, 0.1) is 5.92 Å². The number of pyridine rings is 1. The molecule has 2 heteroatoms. The lowest BCUT2D eigenvalue weighted by Gasteiger charge is -2.22. The number of hydrogen-bond donors (Lipinski definition) is 1. The molecule has 1 N–H and O–H groups in total. The minimum atomic E-state index is 0.654. The zero-order valence-corrected chi connectivity index (χ0v) is 10.7. The van der Waals surface area contributed by atoms with Crippen molar-refractivity contribution in [3.8, 4) is 0 Å². The molecule has 0 radical (unpaired) electrons. The molecule has 2 nitrogen and oxygen atoms in total. The van der Waals surface area contributed by atoms with Crippen LogP contribution in [-0.4, -0.2) is 18.1 Å². The van der Waals surface area contributed by atoms with Crippen LogP contribution >= 0.6 is 0 Å². The van der Waals surface area contributed by atoms with Gasteiger partial charge in [-0.25, -0.2) is 0 Å². The van der Waals surface area contributed by atoms with Crippen molar-refractivity contribution < 1.29 is 0 Å². The monoisotopic (exact) mass is 220 g/mol. The number of hydrogen-bond acceptors (Lipinski definition) is 2. The molecule has 1 aromatic rings. The van der Waals surface area contributed by atoms with E-state index in [9.17, 15) is 0 Å². The van der Waals surface area contributed by atoms with Crippen molar-refractivity contribution in [2.24, 2.45) is 5.92 Å². The van der Waals surface area contributed by atoms with Crippen LogP contribution in [0.3, 0.4) is 0 Å². The van der Waals surface area contributed by atoms with Gasteiger partial charge in [-0.05, 0) is 43.9 Å². The van der Waals surface area contributed by atoms with Crippen LogP contribution in [0.2, 0.25) is 0 Å². The summed E-state index contributed by atoms with van der Waals surface area (Å²) < 4.78 is 0. The van der Waals surface area contributed by atoms with Crippen LogP contribution in [0.25, 0.3) is 0 Å². The Kier molecular flexibility index (Phi) is 6.09. The summed E-state index contributed by atoms with van der Waals surface area (Å²) in [6, 6.07) is 4.83. The molecule has 0 saturated heterocycles. The molecule has 16 heavy (non-hydrogen) atoms. The molecule has 90 valence electrons. The second-order valence-corrected chi connectivity index (χ2v) is 4.53. The molecule has 0 amide bonds. The summed E-state index contributed by atoms with van der Waals surface area (Å²) in [4.78, 5) is 4.14. The van der Waals surface area contributed by atoms with Crippen LogP contribution in [0.4, 0.5) is 0 Å². The third-order valence-electron chi connectivity index (χ3n) is 3.41. The van der Waals surface area contributed by atoms with Gasteiger partial charge in [-0.3, -0.25) is 4.98 Å². The smallest absolute Gasteiger partial charge is 0.0299 e. The zero-order chi connectivity index (χ0) is 11.8. The molecule has 0 aromatic carbocycles. The maximum absolute atomic E-state index is 4.14. The fourth-order valence-corrected chi connectivity index (χ4v) is 2.07. The molecule has 1 heterocycles. The van der Waals surface area contributed by atoms with Crippen molar-refractivity contribution in [3.63, 3.8) is 0 Å². The second-order valence-electron chi connectivity index (χ2n) is 4.53. The average Bonchev–Trinajstić information content (AvgIpc) is 2.35. The molecule has 0 aliphatic rings. The summed E-state index contributed by atoms with van der Waals surface area (Å²) in [5.74, 6) is 0.763. The van der Waals surface area contributed by atoms with Gasteiger partial charge in [0.05, 0.1) is 0 Å². The minimum absolute atomic E-state index is 0.654. The Hall–Kier alpha value is -0.890. The van der Waals surface area contributed by atoms with Crippen molar-refractivity contribution in [2.75, 3.05) is 7.05 Å². The number of rotatable bonds is 7. The lowest BCUT2D eigenvalue weighted by Crippen LogP contribution is -2.31. The van der Waals surface area contributed by atoms with E-state index in [-0.39, 0.29) is 0 Å². The van der Waals surface area contributed by atoms with Crippen molar-refractivity contribution in [1.82, 2.24) is 10.3 Å². The minimum Gasteiger partial charge on any atom is -0.317 e. The van der Waals surface area contributed by atoms with E-state index in [1.807, 2.05) is 18.5 Å². The molecule has 0 fully saturated rings. The first-order valence-electron chi connectivity index (χ1n) is 6.34. The number of aryl methyl sites for hydroxylation is 1. The normalized spacial score (nSPS) is 14.7. The summed E-state index contributed by atoms with van der Waals surface area (Å²) >= 11 is 0. The van der Waals surface area contributed by atoms with Gasteiger partial charge < -0.3 is 5.32 Å². The Morgan fingerprint density at radius 2 is 2.25 bits per heavy atom. The summed E-state index contributed by atoms with van der Waals surface area (Å²) in [6.07, 6.45) is 8.68. The standard InChI is InChI=1S/C14H24N2/c1-4-12(2)14(15-3)9-5-7-13-8-6-10-16-11-13/h6,8,10-12,14-15H,4-5,7,9H2,1-3H3. The maximum Gasteiger partial charge on any atom is 0.0299 e. The van der Waals surface area contributed by atoms with E-state index in [0.29, 0.717) is 6.04 Å². The van der Waals surface area contributed by atoms with Gasteiger partial charge >= 0.3 is 0 Å². The molecule has 1 aromatic heterocycles.